The Morgan fingerprint density at radius 2 is 2.00 bits per heavy atom. The fraction of sp³-hybridized carbons (Fsp3) is 0.409. The van der Waals surface area contributed by atoms with E-state index in [1.165, 1.54) is 5.56 Å². The molecule has 0 radical (unpaired) electrons. The van der Waals surface area contributed by atoms with Crippen molar-refractivity contribution in [2.45, 2.75) is 32.7 Å². The number of aryl methyl sites for hydroxylation is 2. The molecule has 1 atom stereocenters. The third-order valence-corrected chi connectivity index (χ3v) is 6.13. The Balaban J connectivity index is 1.47. The number of fused-ring (bicyclic) bond motifs is 1. The zero-order valence-electron chi connectivity index (χ0n) is 17.0. The maximum atomic E-state index is 12.8. The number of nitrogens with one attached hydrogen (secondary N) is 1. The number of amides is 1. The summed E-state index contributed by atoms with van der Waals surface area (Å²) in [5.41, 5.74) is 3.52. The van der Waals surface area contributed by atoms with Crippen LogP contribution in [0.5, 0.6) is 0 Å². The summed E-state index contributed by atoms with van der Waals surface area (Å²) in [6.07, 6.45) is 3.71. The Bertz CT molecular complexity index is 982. The van der Waals surface area contributed by atoms with Gasteiger partial charge in [-0.1, -0.05) is 30.3 Å². The highest BCUT2D eigenvalue weighted by Gasteiger charge is 2.20. The van der Waals surface area contributed by atoms with Crippen LogP contribution in [0.3, 0.4) is 0 Å². The van der Waals surface area contributed by atoms with Crippen LogP contribution in [0, 0.1) is 6.92 Å². The molecule has 2 aromatic heterocycles. The number of carbonyl (C=O) groups excluding carboxylic acids is 1. The van der Waals surface area contributed by atoms with Crippen molar-refractivity contribution in [1.29, 1.82) is 0 Å². The van der Waals surface area contributed by atoms with Gasteiger partial charge in [-0.05, 0) is 32.3 Å². The van der Waals surface area contributed by atoms with Crippen molar-refractivity contribution >= 4 is 29.0 Å². The standard InChI is InChI=1S/C22H27N5OS/c1-16(8-9-18-6-4-3-5-7-18)24-22(28)19-14-20-21(26-10-12-29-13-11-26)23-17(2)15-27(20)25-19/h3-7,14-16H,8-13H2,1-2H3,(H,24,28). The molecular weight excluding hydrogens is 382 g/mol. The van der Waals surface area contributed by atoms with Crippen LogP contribution in [-0.2, 0) is 6.42 Å². The molecule has 0 aliphatic carbocycles. The van der Waals surface area contributed by atoms with Gasteiger partial charge in [-0.25, -0.2) is 9.50 Å². The summed E-state index contributed by atoms with van der Waals surface area (Å²) < 4.78 is 1.79. The summed E-state index contributed by atoms with van der Waals surface area (Å²) in [4.78, 5) is 19.8. The molecular formula is C22H27N5OS. The lowest BCUT2D eigenvalue weighted by Gasteiger charge is -2.28. The van der Waals surface area contributed by atoms with Gasteiger partial charge in [-0.3, -0.25) is 4.79 Å². The van der Waals surface area contributed by atoms with Crippen LogP contribution >= 0.6 is 11.8 Å². The van der Waals surface area contributed by atoms with E-state index in [4.69, 9.17) is 4.98 Å². The minimum absolute atomic E-state index is 0.0750. The third kappa shape index (κ3) is 4.72. The summed E-state index contributed by atoms with van der Waals surface area (Å²) in [7, 11) is 0. The minimum Gasteiger partial charge on any atom is -0.353 e. The Hall–Kier alpha value is -2.54. The van der Waals surface area contributed by atoms with Gasteiger partial charge in [0.1, 0.15) is 5.52 Å². The lowest BCUT2D eigenvalue weighted by atomic mass is 10.1. The molecule has 29 heavy (non-hydrogen) atoms. The number of anilines is 1. The topological polar surface area (TPSA) is 62.5 Å². The van der Waals surface area contributed by atoms with Crippen LogP contribution in [0.4, 0.5) is 5.82 Å². The minimum atomic E-state index is -0.132. The number of benzene rings is 1. The van der Waals surface area contributed by atoms with E-state index in [1.54, 1.807) is 4.52 Å². The molecule has 1 aliphatic heterocycles. The van der Waals surface area contributed by atoms with Crippen LogP contribution in [0.25, 0.3) is 5.52 Å². The fourth-order valence-electron chi connectivity index (χ4n) is 3.61. The van der Waals surface area contributed by atoms with Gasteiger partial charge in [0.05, 0.1) is 11.9 Å². The average Bonchev–Trinajstić information content (AvgIpc) is 3.17. The van der Waals surface area contributed by atoms with E-state index in [9.17, 15) is 4.79 Å². The van der Waals surface area contributed by atoms with Crippen molar-refractivity contribution < 1.29 is 4.79 Å². The predicted octanol–water partition coefficient (Wildman–Crippen LogP) is 3.34. The number of aromatic nitrogens is 3. The highest BCUT2D eigenvalue weighted by atomic mass is 32.2. The van der Waals surface area contributed by atoms with E-state index in [2.05, 4.69) is 27.4 Å². The number of thioether (sulfide) groups is 1. The first-order chi connectivity index (χ1) is 14.1. The second-order valence-corrected chi connectivity index (χ2v) is 8.79. The molecule has 1 N–H and O–H groups in total. The predicted molar refractivity (Wildman–Crippen MR) is 119 cm³/mol. The molecule has 1 saturated heterocycles. The van der Waals surface area contributed by atoms with Gasteiger partial charge >= 0.3 is 0 Å². The van der Waals surface area contributed by atoms with Crippen LogP contribution in [-0.4, -0.2) is 51.1 Å². The van der Waals surface area contributed by atoms with Gasteiger partial charge < -0.3 is 10.2 Å². The summed E-state index contributed by atoms with van der Waals surface area (Å²) in [5.74, 6) is 2.99. The van der Waals surface area contributed by atoms with Gasteiger partial charge in [-0.15, -0.1) is 0 Å². The van der Waals surface area contributed by atoms with E-state index in [-0.39, 0.29) is 11.9 Å². The summed E-state index contributed by atoms with van der Waals surface area (Å²) in [6, 6.07) is 12.3. The molecule has 3 heterocycles. The van der Waals surface area contributed by atoms with Gasteiger partial charge in [-0.2, -0.15) is 16.9 Å². The molecule has 6 nitrogen and oxygen atoms in total. The third-order valence-electron chi connectivity index (χ3n) is 5.19. The van der Waals surface area contributed by atoms with E-state index >= 15 is 0 Å². The molecule has 0 saturated carbocycles. The Kier molecular flexibility index (Phi) is 6.04. The van der Waals surface area contributed by atoms with E-state index in [0.717, 1.165) is 54.5 Å². The highest BCUT2D eigenvalue weighted by Crippen LogP contribution is 2.24. The number of rotatable bonds is 6. The average molecular weight is 410 g/mol. The summed E-state index contributed by atoms with van der Waals surface area (Å²) in [6.45, 7) is 5.95. The van der Waals surface area contributed by atoms with E-state index < -0.39 is 0 Å². The molecule has 152 valence electrons. The van der Waals surface area contributed by atoms with Crippen molar-refractivity contribution in [2.75, 3.05) is 29.5 Å². The SMILES string of the molecule is Cc1cn2nc(C(=O)NC(C)CCc3ccccc3)cc2c(N2CCSCC2)n1. The van der Waals surface area contributed by atoms with Crippen molar-refractivity contribution in [3.63, 3.8) is 0 Å². The first kappa shape index (κ1) is 19.8. The molecule has 1 fully saturated rings. The Labute approximate surface area is 175 Å². The highest BCUT2D eigenvalue weighted by molar-refractivity contribution is 7.99. The van der Waals surface area contributed by atoms with Crippen molar-refractivity contribution in [3.8, 4) is 0 Å². The number of nitrogens with zero attached hydrogens (tertiary/aromatic N) is 4. The lowest BCUT2D eigenvalue weighted by Crippen LogP contribution is -2.33. The molecule has 7 heteroatoms. The summed E-state index contributed by atoms with van der Waals surface area (Å²) >= 11 is 1.97. The zero-order valence-corrected chi connectivity index (χ0v) is 17.8. The maximum Gasteiger partial charge on any atom is 0.272 e. The van der Waals surface area contributed by atoms with Gasteiger partial charge in [0.15, 0.2) is 11.5 Å². The van der Waals surface area contributed by atoms with Crippen LogP contribution < -0.4 is 10.2 Å². The van der Waals surface area contributed by atoms with Crippen LogP contribution in [0.2, 0.25) is 0 Å². The number of hydrogen-bond acceptors (Lipinski definition) is 5. The van der Waals surface area contributed by atoms with E-state index in [1.807, 2.05) is 56.1 Å². The lowest BCUT2D eigenvalue weighted by molar-refractivity contribution is 0.0933. The van der Waals surface area contributed by atoms with E-state index in [0.29, 0.717) is 5.69 Å². The van der Waals surface area contributed by atoms with Crippen molar-refractivity contribution in [3.05, 3.63) is 59.5 Å². The van der Waals surface area contributed by atoms with Crippen LogP contribution in [0.1, 0.15) is 35.1 Å². The second-order valence-electron chi connectivity index (χ2n) is 7.56. The normalized spacial score (nSPS) is 15.4. The molecule has 1 amide bonds. The largest absolute Gasteiger partial charge is 0.353 e. The molecule has 1 aliphatic rings. The Morgan fingerprint density at radius 1 is 1.24 bits per heavy atom. The number of hydrogen-bond donors (Lipinski definition) is 1. The monoisotopic (exact) mass is 409 g/mol. The molecule has 1 unspecified atom stereocenters. The molecule has 4 rings (SSSR count). The van der Waals surface area contributed by atoms with Crippen LogP contribution in [0.15, 0.2) is 42.6 Å². The summed E-state index contributed by atoms with van der Waals surface area (Å²) in [5, 5.41) is 7.62. The first-order valence-corrected chi connectivity index (χ1v) is 11.3. The zero-order chi connectivity index (χ0) is 20.2. The Morgan fingerprint density at radius 3 is 2.76 bits per heavy atom. The van der Waals surface area contributed by atoms with Crippen molar-refractivity contribution in [1.82, 2.24) is 19.9 Å². The molecule has 0 bridgehead atoms. The van der Waals surface area contributed by atoms with Gasteiger partial charge in [0.2, 0.25) is 0 Å². The molecule has 1 aromatic carbocycles. The van der Waals surface area contributed by atoms with Gasteiger partial charge in [0, 0.05) is 36.7 Å². The molecule has 3 aromatic rings. The fourth-order valence-corrected chi connectivity index (χ4v) is 4.51. The number of carbonyl (C=O) groups is 1. The van der Waals surface area contributed by atoms with Gasteiger partial charge in [0.25, 0.3) is 5.91 Å². The first-order valence-electron chi connectivity index (χ1n) is 10.1. The molecule has 0 spiro atoms. The maximum absolute atomic E-state index is 12.8. The quantitative estimate of drug-likeness (QED) is 0.677. The second kappa shape index (κ2) is 8.86. The smallest absolute Gasteiger partial charge is 0.272 e. The van der Waals surface area contributed by atoms with Crippen molar-refractivity contribution in [2.24, 2.45) is 0 Å².